The second kappa shape index (κ2) is 12.9. The third kappa shape index (κ3) is 6.95. The zero-order valence-corrected chi connectivity index (χ0v) is 18.6. The van der Waals surface area contributed by atoms with Gasteiger partial charge >= 0.3 is 11.7 Å². The lowest BCUT2D eigenvalue weighted by Gasteiger charge is -2.05. The second-order valence-corrected chi connectivity index (χ2v) is 6.17. The SMILES string of the molecule is CC.CO[N+](=O)c1cnc(-c2noc(CCOCCOC(=O)c3ccccc3)n2)c(C)c1. The van der Waals surface area contributed by atoms with Crippen LogP contribution in [0.1, 0.15) is 35.7 Å². The highest BCUT2D eigenvalue weighted by Gasteiger charge is 2.19. The second-order valence-electron chi connectivity index (χ2n) is 6.17. The van der Waals surface area contributed by atoms with Gasteiger partial charge in [0.2, 0.25) is 11.7 Å². The Labute approximate surface area is 186 Å². The Morgan fingerprint density at radius 1 is 1.12 bits per heavy atom. The molecule has 1 aromatic carbocycles. The third-order valence-corrected chi connectivity index (χ3v) is 4.05. The van der Waals surface area contributed by atoms with Crippen molar-refractivity contribution in [3.8, 4) is 11.5 Å². The van der Waals surface area contributed by atoms with E-state index in [1.807, 2.05) is 19.9 Å². The van der Waals surface area contributed by atoms with Gasteiger partial charge in [0.1, 0.15) is 18.5 Å². The molecule has 10 nitrogen and oxygen atoms in total. The van der Waals surface area contributed by atoms with Gasteiger partial charge in [0, 0.05) is 6.07 Å². The number of esters is 1. The molecule has 0 N–H and O–H groups in total. The monoisotopic (exact) mass is 443 g/mol. The number of aryl methyl sites for hydroxylation is 1. The molecule has 3 aromatic rings. The van der Waals surface area contributed by atoms with E-state index < -0.39 is 0 Å². The first-order valence-corrected chi connectivity index (χ1v) is 10.2. The molecule has 0 saturated carbocycles. The van der Waals surface area contributed by atoms with Crippen LogP contribution in [0.4, 0.5) is 5.69 Å². The molecule has 10 heteroatoms. The number of ether oxygens (including phenoxy) is 2. The van der Waals surface area contributed by atoms with Gasteiger partial charge in [0.15, 0.2) is 7.11 Å². The van der Waals surface area contributed by atoms with Crippen molar-refractivity contribution >= 4 is 11.7 Å². The molecule has 0 spiro atoms. The Morgan fingerprint density at radius 2 is 1.88 bits per heavy atom. The summed E-state index contributed by atoms with van der Waals surface area (Å²) < 4.78 is 15.8. The standard InChI is InChI=1S/C20H21N4O6.C2H6/c1-14-12-16(24(26)27-2)13-21-18(14)19-22-17(30-23-19)8-9-28-10-11-29-20(25)15-6-4-3-5-7-15;1-2/h3-7,12-13H,8-11H2,1-2H3;1-2H3/q+1;. The zero-order chi connectivity index (χ0) is 23.3. The molecule has 0 aliphatic rings. The maximum atomic E-state index is 11.8. The Hall–Kier alpha value is -3.66. The van der Waals surface area contributed by atoms with Crippen molar-refractivity contribution < 1.29 is 28.6 Å². The van der Waals surface area contributed by atoms with Crippen LogP contribution in [0.5, 0.6) is 0 Å². The summed E-state index contributed by atoms with van der Waals surface area (Å²) in [5, 5.41) is 3.92. The number of nitrogens with zero attached hydrogens (tertiary/aromatic N) is 4. The molecule has 2 heterocycles. The maximum Gasteiger partial charge on any atom is 0.338 e. The van der Waals surface area contributed by atoms with Crippen LogP contribution in [0, 0.1) is 11.8 Å². The molecule has 0 amide bonds. The van der Waals surface area contributed by atoms with Gasteiger partial charge in [-0.3, -0.25) is 0 Å². The zero-order valence-electron chi connectivity index (χ0n) is 18.6. The molecule has 0 aliphatic carbocycles. The van der Waals surface area contributed by atoms with Crippen LogP contribution in [-0.4, -0.2) is 52.9 Å². The van der Waals surface area contributed by atoms with Gasteiger partial charge in [-0.15, -0.1) is 0 Å². The van der Waals surface area contributed by atoms with E-state index in [2.05, 4.69) is 20.0 Å². The molecule has 0 saturated heterocycles. The average Bonchev–Trinajstić information content (AvgIpc) is 3.31. The lowest BCUT2D eigenvalue weighted by molar-refractivity contribution is -0.736. The molecule has 2 aromatic heterocycles. The van der Waals surface area contributed by atoms with Crippen LogP contribution < -0.4 is 0 Å². The van der Waals surface area contributed by atoms with Crippen molar-refractivity contribution in [1.82, 2.24) is 15.1 Å². The molecule has 0 atom stereocenters. The summed E-state index contributed by atoms with van der Waals surface area (Å²) in [6, 6.07) is 10.4. The molecule has 3 rings (SSSR count). The van der Waals surface area contributed by atoms with Crippen molar-refractivity contribution in [2.45, 2.75) is 27.2 Å². The maximum absolute atomic E-state index is 11.8. The van der Waals surface area contributed by atoms with Crippen LogP contribution in [0.2, 0.25) is 0 Å². The first-order valence-electron chi connectivity index (χ1n) is 10.2. The van der Waals surface area contributed by atoms with E-state index in [0.717, 1.165) is 0 Å². The summed E-state index contributed by atoms with van der Waals surface area (Å²) >= 11 is 0. The topological polar surface area (TPSA) is 117 Å². The number of carbonyl (C=O) groups excluding carboxylic acids is 1. The van der Waals surface area contributed by atoms with E-state index >= 15 is 0 Å². The summed E-state index contributed by atoms with van der Waals surface area (Å²) in [7, 11) is 1.27. The van der Waals surface area contributed by atoms with Gasteiger partial charge in [0.05, 0.1) is 30.1 Å². The summed E-state index contributed by atoms with van der Waals surface area (Å²) in [5.74, 6) is 0.319. The Morgan fingerprint density at radius 3 is 2.56 bits per heavy atom. The van der Waals surface area contributed by atoms with Gasteiger partial charge in [-0.2, -0.15) is 4.98 Å². The number of pyridine rings is 1. The normalized spacial score (nSPS) is 10.1. The molecule has 0 unspecified atom stereocenters. The molecule has 0 radical (unpaired) electrons. The van der Waals surface area contributed by atoms with Crippen molar-refractivity contribution in [1.29, 1.82) is 0 Å². The highest BCUT2D eigenvalue weighted by molar-refractivity contribution is 5.89. The van der Waals surface area contributed by atoms with E-state index in [4.69, 9.17) is 14.0 Å². The van der Waals surface area contributed by atoms with Gasteiger partial charge in [-0.05, 0) is 24.6 Å². The van der Waals surface area contributed by atoms with Crippen LogP contribution in [-0.2, 0) is 20.7 Å². The van der Waals surface area contributed by atoms with Crippen LogP contribution in [0.3, 0.4) is 0 Å². The van der Waals surface area contributed by atoms with Crippen LogP contribution in [0.25, 0.3) is 11.5 Å². The first kappa shape index (κ1) is 24.6. The minimum atomic E-state index is -0.389. The fourth-order valence-corrected chi connectivity index (χ4v) is 2.56. The Balaban J connectivity index is 0.00000176. The number of benzene rings is 1. The fraction of sp³-hybridized carbons (Fsp3) is 0.364. The third-order valence-electron chi connectivity index (χ3n) is 4.05. The molecular weight excluding hydrogens is 416 g/mol. The number of carbonyl (C=O) groups is 1. The van der Waals surface area contributed by atoms with E-state index in [-0.39, 0.29) is 24.9 Å². The van der Waals surface area contributed by atoms with Crippen LogP contribution in [0.15, 0.2) is 47.1 Å². The smallest absolute Gasteiger partial charge is 0.338 e. The van der Waals surface area contributed by atoms with E-state index in [9.17, 15) is 9.70 Å². The van der Waals surface area contributed by atoms with E-state index in [0.29, 0.717) is 46.5 Å². The molecular formula is C22H27N4O6+. The highest BCUT2D eigenvalue weighted by atomic mass is 16.8. The Bertz CT molecular complexity index is 1010. The summed E-state index contributed by atoms with van der Waals surface area (Å²) in [4.78, 5) is 36.7. The number of rotatable bonds is 10. The van der Waals surface area contributed by atoms with Crippen molar-refractivity contribution in [3.05, 3.63) is 64.5 Å². The lowest BCUT2D eigenvalue weighted by Crippen LogP contribution is -2.11. The predicted octanol–water partition coefficient (Wildman–Crippen LogP) is 3.85. The molecule has 0 fully saturated rings. The molecule has 0 aliphatic heterocycles. The van der Waals surface area contributed by atoms with Crippen molar-refractivity contribution in [2.75, 3.05) is 26.9 Å². The Kier molecular flexibility index (Phi) is 9.92. The minimum Gasteiger partial charge on any atom is -0.460 e. The first-order chi connectivity index (χ1) is 15.6. The van der Waals surface area contributed by atoms with Gasteiger partial charge in [-0.1, -0.05) is 37.2 Å². The number of hydrogen-bond acceptors (Lipinski definition) is 9. The van der Waals surface area contributed by atoms with Gasteiger partial charge in [0.25, 0.3) is 4.92 Å². The van der Waals surface area contributed by atoms with E-state index in [1.54, 1.807) is 37.3 Å². The molecule has 170 valence electrons. The quantitative estimate of drug-likeness (QED) is 0.261. The van der Waals surface area contributed by atoms with Crippen molar-refractivity contribution in [3.63, 3.8) is 0 Å². The summed E-state index contributed by atoms with van der Waals surface area (Å²) in [6.45, 7) is 6.52. The molecule has 0 bridgehead atoms. The van der Waals surface area contributed by atoms with Gasteiger partial charge < -0.3 is 14.0 Å². The van der Waals surface area contributed by atoms with E-state index in [1.165, 1.54) is 13.3 Å². The van der Waals surface area contributed by atoms with Crippen LogP contribution >= 0.6 is 0 Å². The predicted molar refractivity (Wildman–Crippen MR) is 115 cm³/mol. The van der Waals surface area contributed by atoms with Crippen molar-refractivity contribution in [2.24, 2.45) is 0 Å². The summed E-state index contributed by atoms with van der Waals surface area (Å²) in [5.41, 5.74) is 1.98. The minimum absolute atomic E-state index is 0.149. The highest BCUT2D eigenvalue weighted by Crippen LogP contribution is 2.22. The molecule has 32 heavy (non-hydrogen) atoms. The number of aromatic nitrogens is 3. The average molecular weight is 443 g/mol. The summed E-state index contributed by atoms with van der Waals surface area (Å²) in [6.07, 6.45) is 1.77. The fourth-order valence-electron chi connectivity index (χ4n) is 2.56. The number of hydrogen-bond donors (Lipinski definition) is 0. The van der Waals surface area contributed by atoms with Gasteiger partial charge in [-0.25, -0.2) is 14.6 Å². The lowest BCUT2D eigenvalue weighted by atomic mass is 10.2. The largest absolute Gasteiger partial charge is 0.460 e.